The van der Waals surface area contributed by atoms with Gasteiger partial charge in [0.2, 0.25) is 5.88 Å². The van der Waals surface area contributed by atoms with E-state index in [2.05, 4.69) is 15.2 Å². The van der Waals surface area contributed by atoms with Crippen LogP contribution in [0.4, 0.5) is 4.79 Å². The van der Waals surface area contributed by atoms with Crippen LogP contribution in [0.2, 0.25) is 0 Å². The predicted molar refractivity (Wildman–Crippen MR) is 133 cm³/mol. The summed E-state index contributed by atoms with van der Waals surface area (Å²) in [7, 11) is 1.56. The van der Waals surface area contributed by atoms with Crippen molar-refractivity contribution in [2.75, 3.05) is 40.0 Å². The number of rotatable bonds is 7. The summed E-state index contributed by atoms with van der Waals surface area (Å²) in [6, 6.07) is 12.6. The number of nitrogens with zero attached hydrogens (tertiary/aromatic N) is 3. The number of likely N-dealkylation sites (tertiary alicyclic amines) is 1. The second-order valence-electron chi connectivity index (χ2n) is 8.90. The van der Waals surface area contributed by atoms with Crippen molar-refractivity contribution in [3.05, 3.63) is 58.4 Å². The van der Waals surface area contributed by atoms with E-state index in [1.54, 1.807) is 29.9 Å². The van der Waals surface area contributed by atoms with Crippen LogP contribution in [0.5, 0.6) is 17.4 Å². The van der Waals surface area contributed by atoms with Crippen molar-refractivity contribution in [3.63, 3.8) is 0 Å². The fourth-order valence-electron chi connectivity index (χ4n) is 4.55. The van der Waals surface area contributed by atoms with Gasteiger partial charge in [0, 0.05) is 49.7 Å². The second kappa shape index (κ2) is 10.9. The van der Waals surface area contributed by atoms with Crippen molar-refractivity contribution in [1.82, 2.24) is 19.8 Å². The van der Waals surface area contributed by atoms with Gasteiger partial charge in [-0.1, -0.05) is 6.07 Å². The Morgan fingerprint density at radius 2 is 1.83 bits per heavy atom. The highest BCUT2D eigenvalue weighted by Gasteiger charge is 2.22. The van der Waals surface area contributed by atoms with Crippen molar-refractivity contribution in [2.45, 2.75) is 32.0 Å². The summed E-state index contributed by atoms with van der Waals surface area (Å²) in [4.78, 5) is 31.6. The molecule has 0 spiro atoms. The van der Waals surface area contributed by atoms with E-state index in [-0.39, 0.29) is 18.2 Å². The molecule has 0 saturated carbocycles. The summed E-state index contributed by atoms with van der Waals surface area (Å²) < 4.78 is 23.4. The number of nitrogens with one attached hydrogen (secondary N) is 1. The van der Waals surface area contributed by atoms with Gasteiger partial charge in [-0.3, -0.25) is 9.36 Å². The summed E-state index contributed by atoms with van der Waals surface area (Å²) in [5, 5.41) is 3.87. The third-order valence-corrected chi connectivity index (χ3v) is 6.54. The Hall–Kier alpha value is -3.79. The SMILES string of the molecule is COc1ccc2ccc(=O)n(CCN3CCC(NC(=O)OCc4ccc5c(c4)OCCO5)CC3)c2n1. The third kappa shape index (κ3) is 5.54. The Morgan fingerprint density at radius 1 is 1.06 bits per heavy atom. The topological polar surface area (TPSA) is 104 Å². The number of fused-ring (bicyclic) bond motifs is 2. The van der Waals surface area contributed by atoms with Crippen molar-refractivity contribution < 1.29 is 23.7 Å². The smallest absolute Gasteiger partial charge is 0.407 e. The Kier molecular flexibility index (Phi) is 7.22. The molecule has 0 atom stereocenters. The van der Waals surface area contributed by atoms with Crippen LogP contribution in [0.25, 0.3) is 11.0 Å². The molecule has 2 aliphatic heterocycles. The molecular weight excluding hydrogens is 464 g/mol. The summed E-state index contributed by atoms with van der Waals surface area (Å²) in [5.74, 6) is 1.87. The number of carbonyl (C=O) groups is 1. The fraction of sp³-hybridized carbons (Fsp3) is 0.423. The zero-order valence-corrected chi connectivity index (χ0v) is 20.3. The number of piperidine rings is 1. The first kappa shape index (κ1) is 23.9. The van der Waals surface area contributed by atoms with E-state index in [0.29, 0.717) is 42.8 Å². The second-order valence-corrected chi connectivity index (χ2v) is 8.90. The van der Waals surface area contributed by atoms with Gasteiger partial charge in [-0.2, -0.15) is 4.98 Å². The molecule has 3 aromatic rings. The first-order valence-corrected chi connectivity index (χ1v) is 12.2. The molecule has 10 nitrogen and oxygen atoms in total. The fourth-order valence-corrected chi connectivity index (χ4v) is 4.55. The van der Waals surface area contributed by atoms with E-state index in [1.807, 2.05) is 24.3 Å². The zero-order chi connectivity index (χ0) is 24.9. The van der Waals surface area contributed by atoms with Gasteiger partial charge < -0.3 is 29.2 Å². The number of amides is 1. The summed E-state index contributed by atoms with van der Waals surface area (Å²) >= 11 is 0. The van der Waals surface area contributed by atoms with E-state index in [4.69, 9.17) is 18.9 Å². The van der Waals surface area contributed by atoms with Crippen LogP contribution in [0, 0.1) is 0 Å². The molecule has 0 bridgehead atoms. The van der Waals surface area contributed by atoms with Crippen molar-refractivity contribution >= 4 is 17.1 Å². The molecule has 1 N–H and O–H groups in total. The van der Waals surface area contributed by atoms with Crippen molar-refractivity contribution in [1.29, 1.82) is 0 Å². The van der Waals surface area contributed by atoms with Crippen LogP contribution >= 0.6 is 0 Å². The highest BCUT2D eigenvalue weighted by molar-refractivity contribution is 5.75. The van der Waals surface area contributed by atoms with Gasteiger partial charge in [-0.15, -0.1) is 0 Å². The van der Waals surface area contributed by atoms with Gasteiger partial charge in [-0.25, -0.2) is 4.79 Å². The lowest BCUT2D eigenvalue weighted by Gasteiger charge is -2.32. The number of alkyl carbamates (subject to hydrolysis) is 1. The van der Waals surface area contributed by atoms with Gasteiger partial charge in [0.25, 0.3) is 5.56 Å². The normalized spacial score (nSPS) is 16.0. The number of ether oxygens (including phenoxy) is 4. The van der Waals surface area contributed by atoms with Gasteiger partial charge in [0.05, 0.1) is 7.11 Å². The number of methoxy groups -OCH3 is 1. The quantitative estimate of drug-likeness (QED) is 0.535. The standard InChI is InChI=1S/C26H30N4O6/c1-33-23-6-3-19-4-7-24(31)30(25(19)28-23)13-12-29-10-8-20(9-11-29)27-26(32)36-17-18-2-5-21-22(16-18)35-15-14-34-21/h2-7,16,20H,8-15,17H2,1H3,(H,27,32). The summed E-state index contributed by atoms with van der Waals surface area (Å²) in [6.45, 7) is 4.12. The lowest BCUT2D eigenvalue weighted by molar-refractivity contribution is 0.125. The number of aromatic nitrogens is 2. The molecule has 1 amide bonds. The van der Waals surface area contributed by atoms with Crippen LogP contribution in [-0.2, 0) is 17.9 Å². The molecule has 0 aliphatic carbocycles. The number of benzene rings is 1. The molecule has 36 heavy (non-hydrogen) atoms. The molecule has 2 aliphatic rings. The van der Waals surface area contributed by atoms with Crippen LogP contribution in [0.15, 0.2) is 47.3 Å². The van der Waals surface area contributed by atoms with E-state index in [1.165, 1.54) is 0 Å². The van der Waals surface area contributed by atoms with Crippen molar-refractivity contribution in [2.24, 2.45) is 0 Å². The Bertz CT molecular complexity index is 1290. The Morgan fingerprint density at radius 3 is 2.64 bits per heavy atom. The predicted octanol–water partition coefficient (Wildman–Crippen LogP) is 2.57. The van der Waals surface area contributed by atoms with E-state index in [0.717, 1.165) is 43.4 Å². The lowest BCUT2D eigenvalue weighted by atomic mass is 10.1. The van der Waals surface area contributed by atoms with Crippen molar-refractivity contribution in [3.8, 4) is 17.4 Å². The highest BCUT2D eigenvalue weighted by Crippen LogP contribution is 2.31. The van der Waals surface area contributed by atoms with E-state index in [9.17, 15) is 9.59 Å². The van der Waals surface area contributed by atoms with Crippen LogP contribution in [0.3, 0.4) is 0 Å². The van der Waals surface area contributed by atoms with Gasteiger partial charge >= 0.3 is 6.09 Å². The maximum atomic E-state index is 12.5. The Balaban J connectivity index is 1.08. The minimum absolute atomic E-state index is 0.0558. The van der Waals surface area contributed by atoms with Crippen LogP contribution in [-0.4, -0.2) is 66.5 Å². The monoisotopic (exact) mass is 494 g/mol. The first-order chi connectivity index (χ1) is 17.6. The number of pyridine rings is 2. The molecule has 1 saturated heterocycles. The highest BCUT2D eigenvalue weighted by atomic mass is 16.6. The molecule has 10 heteroatoms. The minimum Gasteiger partial charge on any atom is -0.486 e. The van der Waals surface area contributed by atoms with Crippen LogP contribution in [0.1, 0.15) is 18.4 Å². The maximum absolute atomic E-state index is 12.5. The minimum atomic E-state index is -0.425. The van der Waals surface area contributed by atoms with Gasteiger partial charge in [-0.05, 0) is 42.7 Å². The number of carbonyl (C=O) groups excluding carboxylic acids is 1. The number of hydrogen-bond acceptors (Lipinski definition) is 8. The molecule has 2 aromatic heterocycles. The maximum Gasteiger partial charge on any atom is 0.407 e. The molecule has 0 unspecified atom stereocenters. The number of hydrogen-bond donors (Lipinski definition) is 1. The van der Waals surface area contributed by atoms with E-state index < -0.39 is 6.09 Å². The third-order valence-electron chi connectivity index (χ3n) is 6.54. The summed E-state index contributed by atoms with van der Waals surface area (Å²) in [6.07, 6.45) is 1.20. The molecule has 190 valence electrons. The van der Waals surface area contributed by atoms with E-state index >= 15 is 0 Å². The average molecular weight is 495 g/mol. The largest absolute Gasteiger partial charge is 0.486 e. The molecule has 1 aromatic carbocycles. The molecule has 1 fully saturated rings. The lowest BCUT2D eigenvalue weighted by Crippen LogP contribution is -2.45. The molecular formula is C26H30N4O6. The molecule has 0 radical (unpaired) electrons. The van der Waals surface area contributed by atoms with Crippen LogP contribution < -0.4 is 25.1 Å². The van der Waals surface area contributed by atoms with Gasteiger partial charge in [0.1, 0.15) is 25.5 Å². The molecule has 4 heterocycles. The first-order valence-electron chi connectivity index (χ1n) is 12.2. The zero-order valence-electron chi connectivity index (χ0n) is 20.3. The Labute approximate surface area is 208 Å². The average Bonchev–Trinajstić information content (AvgIpc) is 2.91. The molecule has 5 rings (SSSR count). The summed E-state index contributed by atoms with van der Waals surface area (Å²) in [5.41, 5.74) is 1.39. The van der Waals surface area contributed by atoms with Gasteiger partial charge in [0.15, 0.2) is 11.5 Å².